The Morgan fingerprint density at radius 1 is 1.33 bits per heavy atom. The topological polar surface area (TPSA) is 27.7 Å². The Morgan fingerprint density at radius 2 is 2.17 bits per heavy atom. The second-order valence-corrected chi connectivity index (χ2v) is 2.70. The predicted octanol–water partition coefficient (Wildman–Crippen LogP) is 1.73. The van der Waals surface area contributed by atoms with E-state index in [0.717, 1.165) is 17.1 Å². The molecule has 3 nitrogen and oxygen atoms in total. The van der Waals surface area contributed by atoms with Gasteiger partial charge < -0.3 is 14.2 Å². The van der Waals surface area contributed by atoms with Gasteiger partial charge in [0.2, 0.25) is 12.5 Å². The first-order valence-electron chi connectivity index (χ1n) is 3.75. The zero-order valence-electron chi connectivity index (χ0n) is 7.09. The fourth-order valence-corrected chi connectivity index (χ4v) is 1.26. The van der Waals surface area contributed by atoms with Crippen LogP contribution in [0, 0.1) is 6.92 Å². The third kappa shape index (κ3) is 0.978. The van der Waals surface area contributed by atoms with Crippen LogP contribution in [0.4, 0.5) is 0 Å². The summed E-state index contributed by atoms with van der Waals surface area (Å²) < 4.78 is 15.6. The van der Waals surface area contributed by atoms with Gasteiger partial charge in [-0.2, -0.15) is 0 Å². The highest BCUT2D eigenvalue weighted by atomic mass is 16.7. The Balaban J connectivity index is 2.55. The monoisotopic (exact) mass is 166 g/mol. The Bertz CT molecular complexity index is 307. The van der Waals surface area contributed by atoms with Gasteiger partial charge in [-0.25, -0.2) is 0 Å². The van der Waals surface area contributed by atoms with Gasteiger partial charge in [0.25, 0.3) is 0 Å². The summed E-state index contributed by atoms with van der Waals surface area (Å²) in [5.74, 6) is 2.22. The molecule has 3 heteroatoms. The Hall–Kier alpha value is -1.38. The number of aryl methyl sites for hydroxylation is 1. The molecule has 1 heterocycles. The smallest absolute Gasteiger partial charge is 0.231 e. The van der Waals surface area contributed by atoms with Crippen molar-refractivity contribution < 1.29 is 14.2 Å². The van der Waals surface area contributed by atoms with Gasteiger partial charge in [-0.1, -0.05) is 0 Å². The highest BCUT2D eigenvalue weighted by molar-refractivity contribution is 5.54. The fourth-order valence-electron chi connectivity index (χ4n) is 1.26. The highest BCUT2D eigenvalue weighted by Gasteiger charge is 2.18. The van der Waals surface area contributed by atoms with E-state index in [2.05, 4.69) is 0 Å². The summed E-state index contributed by atoms with van der Waals surface area (Å²) in [6, 6.07) is 3.86. The largest absolute Gasteiger partial charge is 0.493 e. The Kier molecular flexibility index (Phi) is 1.57. The van der Waals surface area contributed by atoms with Crippen LogP contribution in [0.2, 0.25) is 0 Å². The van der Waals surface area contributed by atoms with Crippen molar-refractivity contribution in [2.75, 3.05) is 13.9 Å². The van der Waals surface area contributed by atoms with Crippen molar-refractivity contribution in [3.8, 4) is 17.2 Å². The Labute approximate surface area is 70.9 Å². The van der Waals surface area contributed by atoms with Gasteiger partial charge >= 0.3 is 0 Å². The van der Waals surface area contributed by atoms with Gasteiger partial charge in [0.15, 0.2) is 11.5 Å². The van der Waals surface area contributed by atoms with Crippen LogP contribution in [0.25, 0.3) is 0 Å². The van der Waals surface area contributed by atoms with E-state index in [9.17, 15) is 0 Å². The maximum absolute atomic E-state index is 5.23. The van der Waals surface area contributed by atoms with E-state index in [1.807, 2.05) is 19.1 Å². The van der Waals surface area contributed by atoms with Crippen molar-refractivity contribution in [1.29, 1.82) is 0 Å². The van der Waals surface area contributed by atoms with Gasteiger partial charge in [-0.05, 0) is 24.6 Å². The predicted molar refractivity (Wildman–Crippen MR) is 43.9 cm³/mol. The maximum atomic E-state index is 5.23. The molecule has 1 aliphatic rings. The van der Waals surface area contributed by atoms with Gasteiger partial charge in [0, 0.05) is 0 Å². The number of hydrogen-bond donors (Lipinski definition) is 0. The molecule has 0 saturated carbocycles. The first-order valence-corrected chi connectivity index (χ1v) is 3.75. The van der Waals surface area contributed by atoms with Crippen molar-refractivity contribution in [2.24, 2.45) is 0 Å². The third-order valence-corrected chi connectivity index (χ3v) is 1.80. The van der Waals surface area contributed by atoms with Crippen LogP contribution in [-0.2, 0) is 0 Å². The van der Waals surface area contributed by atoms with E-state index in [0.29, 0.717) is 5.75 Å². The van der Waals surface area contributed by atoms with Crippen molar-refractivity contribution >= 4 is 0 Å². The van der Waals surface area contributed by atoms with Gasteiger partial charge in [-0.15, -0.1) is 0 Å². The van der Waals surface area contributed by atoms with E-state index < -0.39 is 0 Å². The zero-order chi connectivity index (χ0) is 8.55. The summed E-state index contributed by atoms with van der Waals surface area (Å²) >= 11 is 0. The highest BCUT2D eigenvalue weighted by Crippen LogP contribution is 2.41. The Morgan fingerprint density at radius 3 is 2.92 bits per heavy atom. The number of rotatable bonds is 1. The number of ether oxygens (including phenoxy) is 3. The number of methoxy groups -OCH3 is 1. The first-order chi connectivity index (χ1) is 5.81. The second-order valence-electron chi connectivity index (χ2n) is 2.70. The second kappa shape index (κ2) is 2.59. The molecule has 1 aromatic carbocycles. The summed E-state index contributed by atoms with van der Waals surface area (Å²) in [6.07, 6.45) is 0. The lowest BCUT2D eigenvalue weighted by molar-refractivity contribution is 0.171. The molecule has 64 valence electrons. The quantitative estimate of drug-likeness (QED) is 0.635. The molecule has 1 aliphatic heterocycles. The molecule has 0 saturated heterocycles. The summed E-state index contributed by atoms with van der Waals surface area (Å²) in [5, 5.41) is 0. The lowest BCUT2D eigenvalue weighted by Crippen LogP contribution is -1.93. The van der Waals surface area contributed by atoms with E-state index in [4.69, 9.17) is 14.2 Å². The summed E-state index contributed by atoms with van der Waals surface area (Å²) in [6.45, 7) is 2.28. The molecule has 12 heavy (non-hydrogen) atoms. The molecule has 0 N–H and O–H groups in total. The van der Waals surface area contributed by atoms with Gasteiger partial charge in [0.05, 0.1) is 7.11 Å². The molecule has 0 atom stereocenters. The molecule has 0 spiro atoms. The SMILES string of the molecule is COc1cc(C)cc2c1OCO2. The van der Waals surface area contributed by atoms with Crippen LogP contribution in [0.3, 0.4) is 0 Å². The summed E-state index contributed by atoms with van der Waals surface area (Å²) in [4.78, 5) is 0. The molecular formula is C9H10O3. The van der Waals surface area contributed by atoms with Crippen molar-refractivity contribution in [1.82, 2.24) is 0 Å². The maximum Gasteiger partial charge on any atom is 0.231 e. The van der Waals surface area contributed by atoms with E-state index >= 15 is 0 Å². The summed E-state index contributed by atoms with van der Waals surface area (Å²) in [7, 11) is 1.62. The third-order valence-electron chi connectivity index (χ3n) is 1.80. The van der Waals surface area contributed by atoms with E-state index in [-0.39, 0.29) is 6.79 Å². The van der Waals surface area contributed by atoms with Crippen LogP contribution in [0.5, 0.6) is 17.2 Å². The van der Waals surface area contributed by atoms with Gasteiger partial charge in [0.1, 0.15) is 0 Å². The first kappa shape index (κ1) is 7.28. The van der Waals surface area contributed by atoms with Crippen molar-refractivity contribution in [3.63, 3.8) is 0 Å². The van der Waals surface area contributed by atoms with Crippen LogP contribution in [0.15, 0.2) is 12.1 Å². The number of benzene rings is 1. The fraction of sp³-hybridized carbons (Fsp3) is 0.333. The van der Waals surface area contributed by atoms with Crippen molar-refractivity contribution in [2.45, 2.75) is 6.92 Å². The average molecular weight is 166 g/mol. The molecule has 1 aromatic rings. The average Bonchev–Trinajstić information content (AvgIpc) is 2.50. The standard InChI is InChI=1S/C9H10O3/c1-6-3-7(10-2)9-8(4-6)11-5-12-9/h3-4H,5H2,1-2H3. The summed E-state index contributed by atoms with van der Waals surface area (Å²) in [5.41, 5.74) is 1.11. The molecule has 0 radical (unpaired) electrons. The number of hydrogen-bond acceptors (Lipinski definition) is 3. The minimum Gasteiger partial charge on any atom is -0.493 e. The molecule has 0 amide bonds. The van der Waals surface area contributed by atoms with Crippen LogP contribution in [0.1, 0.15) is 5.56 Å². The molecule has 2 rings (SSSR count). The molecular weight excluding hydrogens is 156 g/mol. The molecule has 0 fully saturated rings. The normalized spacial score (nSPS) is 13.2. The minimum atomic E-state index is 0.287. The van der Waals surface area contributed by atoms with Crippen LogP contribution < -0.4 is 14.2 Å². The lowest BCUT2D eigenvalue weighted by Gasteiger charge is -2.04. The molecule has 0 aromatic heterocycles. The van der Waals surface area contributed by atoms with Crippen LogP contribution >= 0.6 is 0 Å². The molecule has 0 bridgehead atoms. The lowest BCUT2D eigenvalue weighted by atomic mass is 10.2. The zero-order valence-corrected chi connectivity index (χ0v) is 7.09. The van der Waals surface area contributed by atoms with Crippen LogP contribution in [-0.4, -0.2) is 13.9 Å². The van der Waals surface area contributed by atoms with E-state index in [1.165, 1.54) is 0 Å². The number of fused-ring (bicyclic) bond motifs is 1. The molecule has 0 aliphatic carbocycles. The van der Waals surface area contributed by atoms with E-state index in [1.54, 1.807) is 7.11 Å². The van der Waals surface area contributed by atoms with Gasteiger partial charge in [-0.3, -0.25) is 0 Å². The molecule has 0 unspecified atom stereocenters. The minimum absolute atomic E-state index is 0.287. The van der Waals surface area contributed by atoms with Crippen molar-refractivity contribution in [3.05, 3.63) is 17.7 Å².